The van der Waals surface area contributed by atoms with Crippen molar-refractivity contribution in [3.8, 4) is 0 Å². The lowest BCUT2D eigenvalue weighted by Crippen LogP contribution is -2.32. The molecular weight excluding hydrogens is 232 g/mol. The molecular formula is C13H16N2O3. The van der Waals surface area contributed by atoms with Crippen LogP contribution in [0.15, 0.2) is 24.3 Å². The first-order valence-electron chi connectivity index (χ1n) is 5.70. The van der Waals surface area contributed by atoms with Crippen molar-refractivity contribution in [3.63, 3.8) is 0 Å². The third-order valence-corrected chi connectivity index (χ3v) is 2.34. The summed E-state index contributed by atoms with van der Waals surface area (Å²) in [5.74, 6) is -0.493. The van der Waals surface area contributed by atoms with Crippen LogP contribution >= 0.6 is 0 Å². The fourth-order valence-corrected chi connectivity index (χ4v) is 1.30. The largest absolute Gasteiger partial charge is 0.347 e. The Morgan fingerprint density at radius 2 is 1.67 bits per heavy atom. The van der Waals surface area contributed by atoms with Gasteiger partial charge in [0.2, 0.25) is 11.8 Å². The smallest absolute Gasteiger partial charge is 0.243 e. The highest BCUT2D eigenvalue weighted by Gasteiger charge is 2.05. The predicted octanol–water partition coefficient (Wildman–Crippen LogP) is 1.35. The van der Waals surface area contributed by atoms with E-state index in [1.54, 1.807) is 31.2 Å². The SMILES string of the molecule is CCC(=O)NCC(=O)Nc1ccc(C(C)=O)cc1. The minimum Gasteiger partial charge on any atom is -0.347 e. The zero-order chi connectivity index (χ0) is 13.5. The summed E-state index contributed by atoms with van der Waals surface area (Å²) in [6, 6.07) is 6.58. The van der Waals surface area contributed by atoms with Gasteiger partial charge in [0.25, 0.3) is 0 Å². The molecule has 1 aromatic carbocycles. The van der Waals surface area contributed by atoms with Gasteiger partial charge < -0.3 is 10.6 Å². The van der Waals surface area contributed by atoms with E-state index < -0.39 is 0 Å². The quantitative estimate of drug-likeness (QED) is 0.772. The number of nitrogens with one attached hydrogen (secondary N) is 2. The van der Waals surface area contributed by atoms with Crippen LogP contribution in [-0.4, -0.2) is 24.1 Å². The molecule has 0 bridgehead atoms. The number of carbonyl (C=O) groups is 3. The van der Waals surface area contributed by atoms with Crippen molar-refractivity contribution in [3.05, 3.63) is 29.8 Å². The summed E-state index contributed by atoms with van der Waals surface area (Å²) in [6.07, 6.45) is 0.348. The molecule has 2 amide bonds. The average Bonchev–Trinajstić information content (AvgIpc) is 2.36. The first kappa shape index (κ1) is 13.9. The number of amides is 2. The fourth-order valence-electron chi connectivity index (χ4n) is 1.30. The third kappa shape index (κ3) is 4.37. The molecule has 0 atom stereocenters. The van der Waals surface area contributed by atoms with Crippen LogP contribution in [0, 0.1) is 0 Å². The summed E-state index contributed by atoms with van der Waals surface area (Å²) in [7, 11) is 0. The minimum absolute atomic E-state index is 0.0249. The number of rotatable bonds is 5. The van der Waals surface area contributed by atoms with Gasteiger partial charge in [-0.05, 0) is 31.2 Å². The zero-order valence-corrected chi connectivity index (χ0v) is 10.4. The Labute approximate surface area is 106 Å². The summed E-state index contributed by atoms with van der Waals surface area (Å²) in [4.78, 5) is 33.5. The van der Waals surface area contributed by atoms with Gasteiger partial charge in [0.1, 0.15) is 0 Å². The fraction of sp³-hybridized carbons (Fsp3) is 0.308. The molecule has 0 aliphatic carbocycles. The first-order valence-corrected chi connectivity index (χ1v) is 5.70. The highest BCUT2D eigenvalue weighted by atomic mass is 16.2. The van der Waals surface area contributed by atoms with Gasteiger partial charge in [-0.3, -0.25) is 14.4 Å². The van der Waals surface area contributed by atoms with E-state index in [0.29, 0.717) is 17.7 Å². The second-order valence-corrected chi connectivity index (χ2v) is 3.81. The van der Waals surface area contributed by atoms with Crippen LogP contribution in [0.4, 0.5) is 5.69 Å². The van der Waals surface area contributed by atoms with Gasteiger partial charge in [-0.2, -0.15) is 0 Å². The zero-order valence-electron chi connectivity index (χ0n) is 10.4. The number of benzene rings is 1. The molecule has 0 aromatic heterocycles. The number of hydrogen-bond acceptors (Lipinski definition) is 3. The molecule has 1 rings (SSSR count). The third-order valence-electron chi connectivity index (χ3n) is 2.34. The van der Waals surface area contributed by atoms with E-state index in [9.17, 15) is 14.4 Å². The monoisotopic (exact) mass is 248 g/mol. The number of carbonyl (C=O) groups excluding carboxylic acids is 3. The maximum Gasteiger partial charge on any atom is 0.243 e. The van der Waals surface area contributed by atoms with Gasteiger partial charge in [-0.1, -0.05) is 6.92 Å². The summed E-state index contributed by atoms with van der Waals surface area (Å²) in [5.41, 5.74) is 1.18. The number of Topliss-reactive ketones (excluding diaryl/α,β-unsaturated/α-hetero) is 1. The van der Waals surface area contributed by atoms with E-state index >= 15 is 0 Å². The average molecular weight is 248 g/mol. The van der Waals surface area contributed by atoms with Crippen molar-refractivity contribution >= 4 is 23.3 Å². The van der Waals surface area contributed by atoms with Gasteiger partial charge in [-0.25, -0.2) is 0 Å². The second kappa shape index (κ2) is 6.54. The molecule has 18 heavy (non-hydrogen) atoms. The van der Waals surface area contributed by atoms with Crippen molar-refractivity contribution in [1.29, 1.82) is 0 Å². The van der Waals surface area contributed by atoms with E-state index in [-0.39, 0.29) is 24.1 Å². The molecule has 0 aliphatic heterocycles. The van der Waals surface area contributed by atoms with Gasteiger partial charge in [0, 0.05) is 17.7 Å². The lowest BCUT2D eigenvalue weighted by Gasteiger charge is -2.06. The molecule has 2 N–H and O–H groups in total. The van der Waals surface area contributed by atoms with Gasteiger partial charge in [0.15, 0.2) is 5.78 Å². The summed E-state index contributed by atoms with van der Waals surface area (Å²) >= 11 is 0. The highest BCUT2D eigenvalue weighted by molar-refractivity contribution is 5.96. The molecule has 0 unspecified atom stereocenters. The lowest BCUT2D eigenvalue weighted by molar-refractivity contribution is -0.123. The number of ketones is 1. The molecule has 0 spiro atoms. The van der Waals surface area contributed by atoms with E-state index in [1.165, 1.54) is 6.92 Å². The Bertz CT molecular complexity index is 452. The summed E-state index contributed by atoms with van der Waals surface area (Å²) in [5, 5.41) is 5.10. The van der Waals surface area contributed by atoms with Crippen LogP contribution in [0.1, 0.15) is 30.6 Å². The highest BCUT2D eigenvalue weighted by Crippen LogP contribution is 2.09. The predicted molar refractivity (Wildman–Crippen MR) is 68.4 cm³/mol. The molecule has 0 saturated heterocycles. The maximum absolute atomic E-state index is 11.5. The van der Waals surface area contributed by atoms with Crippen molar-refractivity contribution in [2.75, 3.05) is 11.9 Å². The number of hydrogen-bond donors (Lipinski definition) is 2. The topological polar surface area (TPSA) is 75.3 Å². The van der Waals surface area contributed by atoms with Crippen molar-refractivity contribution < 1.29 is 14.4 Å². The molecule has 0 heterocycles. The normalized spacial score (nSPS) is 9.67. The molecule has 0 radical (unpaired) electrons. The van der Waals surface area contributed by atoms with Gasteiger partial charge in [-0.15, -0.1) is 0 Å². The Morgan fingerprint density at radius 3 is 2.17 bits per heavy atom. The van der Waals surface area contributed by atoms with E-state index in [2.05, 4.69) is 10.6 Å². The van der Waals surface area contributed by atoms with Crippen LogP contribution in [0.2, 0.25) is 0 Å². The first-order chi connectivity index (χ1) is 8.52. The minimum atomic E-state index is -0.299. The van der Waals surface area contributed by atoms with Crippen LogP contribution in [0.25, 0.3) is 0 Å². The van der Waals surface area contributed by atoms with Gasteiger partial charge in [0.05, 0.1) is 6.54 Å². The van der Waals surface area contributed by atoms with Crippen LogP contribution in [0.3, 0.4) is 0 Å². The maximum atomic E-state index is 11.5. The molecule has 1 aromatic rings. The number of anilines is 1. The van der Waals surface area contributed by atoms with E-state index in [0.717, 1.165) is 0 Å². The Kier molecular flexibility index (Phi) is 5.05. The van der Waals surface area contributed by atoms with Crippen LogP contribution in [-0.2, 0) is 9.59 Å². The Hall–Kier alpha value is -2.17. The van der Waals surface area contributed by atoms with Crippen molar-refractivity contribution in [2.45, 2.75) is 20.3 Å². The molecule has 0 aliphatic rings. The van der Waals surface area contributed by atoms with Crippen LogP contribution < -0.4 is 10.6 Å². The molecule has 5 nitrogen and oxygen atoms in total. The van der Waals surface area contributed by atoms with Crippen molar-refractivity contribution in [2.24, 2.45) is 0 Å². The summed E-state index contributed by atoms with van der Waals surface area (Å²) in [6.45, 7) is 3.14. The van der Waals surface area contributed by atoms with E-state index in [4.69, 9.17) is 0 Å². The van der Waals surface area contributed by atoms with Gasteiger partial charge >= 0.3 is 0 Å². The van der Waals surface area contributed by atoms with Crippen LogP contribution in [0.5, 0.6) is 0 Å². The van der Waals surface area contributed by atoms with E-state index in [1.807, 2.05) is 0 Å². The molecule has 96 valence electrons. The molecule has 0 saturated carbocycles. The van der Waals surface area contributed by atoms with Crippen molar-refractivity contribution in [1.82, 2.24) is 5.32 Å². The Balaban J connectivity index is 2.49. The molecule has 0 fully saturated rings. The molecule has 5 heteroatoms. The lowest BCUT2D eigenvalue weighted by atomic mass is 10.1. The standard InChI is InChI=1S/C13H16N2O3/c1-3-12(17)14-8-13(18)15-11-6-4-10(5-7-11)9(2)16/h4-7H,3,8H2,1-2H3,(H,14,17)(H,15,18). The summed E-state index contributed by atoms with van der Waals surface area (Å²) < 4.78 is 0. The second-order valence-electron chi connectivity index (χ2n) is 3.81. The Morgan fingerprint density at radius 1 is 1.06 bits per heavy atom.